The van der Waals surface area contributed by atoms with Gasteiger partial charge in [-0.15, -0.1) is 0 Å². The lowest BCUT2D eigenvalue weighted by atomic mass is 10.0. The monoisotopic (exact) mass is 289 g/mol. The number of halogens is 1. The van der Waals surface area contributed by atoms with Crippen molar-refractivity contribution in [3.05, 3.63) is 68.5 Å². The summed E-state index contributed by atoms with van der Waals surface area (Å²) in [4.78, 5) is 9.80. The van der Waals surface area contributed by atoms with Crippen LogP contribution in [0.1, 0.15) is 22.3 Å². The van der Waals surface area contributed by atoms with Gasteiger partial charge >= 0.3 is 5.69 Å². The first kappa shape index (κ1) is 15.0. The van der Waals surface area contributed by atoms with Crippen LogP contribution in [0.5, 0.6) is 5.75 Å². The fourth-order valence-corrected chi connectivity index (χ4v) is 2.32. The van der Waals surface area contributed by atoms with E-state index in [-0.39, 0.29) is 5.75 Å². The van der Waals surface area contributed by atoms with E-state index in [9.17, 15) is 14.5 Å². The molecule has 0 radical (unpaired) electrons. The number of ether oxygens (including phenoxy) is 1. The quantitative estimate of drug-likeness (QED) is 0.625. The van der Waals surface area contributed by atoms with E-state index in [0.717, 1.165) is 28.8 Å². The molecule has 2 rings (SSSR count). The highest BCUT2D eigenvalue weighted by Gasteiger charge is 2.14. The largest absolute Gasteiger partial charge is 0.489 e. The molecule has 0 heterocycles. The number of nitro groups is 1. The smallest absolute Gasteiger partial charge is 0.305 e. The van der Waals surface area contributed by atoms with Crippen molar-refractivity contribution in [1.29, 1.82) is 0 Å². The molecule has 0 amide bonds. The maximum atomic E-state index is 13.5. The van der Waals surface area contributed by atoms with Crippen LogP contribution in [0, 0.1) is 36.7 Å². The van der Waals surface area contributed by atoms with Crippen LogP contribution in [0.4, 0.5) is 10.1 Å². The van der Waals surface area contributed by atoms with E-state index >= 15 is 0 Å². The highest BCUT2D eigenvalue weighted by molar-refractivity contribution is 5.39. The minimum absolute atomic E-state index is 0.275. The molecule has 0 bridgehead atoms. The Bertz CT molecular complexity index is 675. The highest BCUT2D eigenvalue weighted by Crippen LogP contribution is 2.24. The Morgan fingerprint density at radius 2 is 1.76 bits per heavy atom. The van der Waals surface area contributed by atoms with Gasteiger partial charge in [-0.1, -0.05) is 17.7 Å². The third kappa shape index (κ3) is 3.37. The Labute approximate surface area is 122 Å². The zero-order valence-corrected chi connectivity index (χ0v) is 12.1. The van der Waals surface area contributed by atoms with Gasteiger partial charge in [-0.2, -0.15) is 4.39 Å². The molecule has 5 heteroatoms. The SMILES string of the molecule is Cc1cc(C)c(COc2ccc([N+](=O)[O-])c(F)c2)c(C)c1. The van der Waals surface area contributed by atoms with Crippen LogP contribution < -0.4 is 4.74 Å². The second-order valence-electron chi connectivity index (χ2n) is 5.04. The van der Waals surface area contributed by atoms with Gasteiger partial charge in [0, 0.05) is 12.1 Å². The molecular formula is C16H16FNO3. The lowest BCUT2D eigenvalue weighted by Gasteiger charge is -2.12. The topological polar surface area (TPSA) is 52.4 Å². The van der Waals surface area contributed by atoms with E-state index in [1.165, 1.54) is 11.6 Å². The molecule has 2 aromatic carbocycles. The molecule has 0 atom stereocenters. The van der Waals surface area contributed by atoms with Crippen molar-refractivity contribution >= 4 is 5.69 Å². The van der Waals surface area contributed by atoms with E-state index in [1.807, 2.05) is 20.8 Å². The highest BCUT2D eigenvalue weighted by atomic mass is 19.1. The molecule has 2 aromatic rings. The molecular weight excluding hydrogens is 273 g/mol. The van der Waals surface area contributed by atoms with Crippen LogP contribution in [-0.2, 0) is 6.61 Å². The number of hydrogen-bond acceptors (Lipinski definition) is 3. The predicted molar refractivity (Wildman–Crippen MR) is 78.0 cm³/mol. The molecule has 0 aliphatic rings. The van der Waals surface area contributed by atoms with Crippen molar-refractivity contribution < 1.29 is 14.1 Å². The van der Waals surface area contributed by atoms with Gasteiger partial charge in [0.05, 0.1) is 4.92 Å². The normalized spacial score (nSPS) is 10.5. The molecule has 0 spiro atoms. The first-order chi connectivity index (χ1) is 9.88. The zero-order valence-electron chi connectivity index (χ0n) is 12.1. The Hall–Kier alpha value is -2.43. The maximum Gasteiger partial charge on any atom is 0.305 e. The summed E-state index contributed by atoms with van der Waals surface area (Å²) >= 11 is 0. The summed E-state index contributed by atoms with van der Waals surface area (Å²) in [5.74, 6) is -0.618. The fraction of sp³-hybridized carbons (Fsp3) is 0.250. The molecule has 0 saturated carbocycles. The van der Waals surface area contributed by atoms with Gasteiger partial charge in [0.2, 0.25) is 5.82 Å². The molecule has 4 nitrogen and oxygen atoms in total. The molecule has 0 N–H and O–H groups in total. The van der Waals surface area contributed by atoms with Crippen molar-refractivity contribution in [2.45, 2.75) is 27.4 Å². The molecule has 0 fully saturated rings. The Kier molecular flexibility index (Phi) is 4.21. The summed E-state index contributed by atoms with van der Waals surface area (Å²) in [5, 5.41) is 10.6. The average molecular weight is 289 g/mol. The number of nitro benzene ring substituents is 1. The van der Waals surface area contributed by atoms with E-state index in [2.05, 4.69) is 12.1 Å². The summed E-state index contributed by atoms with van der Waals surface area (Å²) in [7, 11) is 0. The molecule has 0 aliphatic carbocycles. The minimum Gasteiger partial charge on any atom is -0.489 e. The second kappa shape index (κ2) is 5.91. The lowest BCUT2D eigenvalue weighted by Crippen LogP contribution is -2.02. The van der Waals surface area contributed by atoms with Crippen LogP contribution in [0.2, 0.25) is 0 Å². The number of nitrogens with zero attached hydrogens (tertiary/aromatic N) is 1. The Balaban J connectivity index is 2.17. The summed E-state index contributed by atoms with van der Waals surface area (Å²) in [5.41, 5.74) is 3.88. The lowest BCUT2D eigenvalue weighted by molar-refractivity contribution is -0.387. The third-order valence-electron chi connectivity index (χ3n) is 3.34. The summed E-state index contributed by atoms with van der Waals surface area (Å²) in [6.45, 7) is 6.32. The van der Waals surface area contributed by atoms with Crippen molar-refractivity contribution in [2.24, 2.45) is 0 Å². The second-order valence-corrected chi connectivity index (χ2v) is 5.04. The van der Waals surface area contributed by atoms with Crippen LogP contribution in [0.25, 0.3) is 0 Å². The van der Waals surface area contributed by atoms with Gasteiger partial charge in [-0.05, 0) is 43.5 Å². The number of rotatable bonds is 4. The Morgan fingerprint density at radius 1 is 1.14 bits per heavy atom. The van der Waals surface area contributed by atoms with Crippen LogP contribution >= 0.6 is 0 Å². The van der Waals surface area contributed by atoms with Gasteiger partial charge < -0.3 is 4.74 Å². The average Bonchev–Trinajstić information content (AvgIpc) is 2.36. The van der Waals surface area contributed by atoms with Crippen LogP contribution in [0.3, 0.4) is 0 Å². The maximum absolute atomic E-state index is 13.5. The van der Waals surface area contributed by atoms with Crippen LogP contribution in [-0.4, -0.2) is 4.92 Å². The first-order valence-electron chi connectivity index (χ1n) is 6.52. The Morgan fingerprint density at radius 3 is 2.29 bits per heavy atom. The van der Waals surface area contributed by atoms with E-state index in [1.54, 1.807) is 0 Å². The molecule has 0 aliphatic heterocycles. The number of hydrogen-bond donors (Lipinski definition) is 0. The standard InChI is InChI=1S/C16H16FNO3/c1-10-6-11(2)14(12(3)7-10)9-21-13-4-5-16(18(19)20)15(17)8-13/h4-8H,9H2,1-3H3. The molecule has 110 valence electrons. The fourth-order valence-electron chi connectivity index (χ4n) is 2.32. The van der Waals surface area contributed by atoms with Crippen molar-refractivity contribution in [3.8, 4) is 5.75 Å². The number of aryl methyl sites for hydroxylation is 3. The predicted octanol–water partition coefficient (Wildman–Crippen LogP) is 4.24. The van der Waals surface area contributed by atoms with Gasteiger partial charge in [0.1, 0.15) is 12.4 Å². The van der Waals surface area contributed by atoms with Gasteiger partial charge in [0.15, 0.2) is 0 Å². The summed E-state index contributed by atoms with van der Waals surface area (Å²) in [6.07, 6.45) is 0. The minimum atomic E-state index is -0.894. The summed E-state index contributed by atoms with van der Waals surface area (Å²) < 4.78 is 19.1. The van der Waals surface area contributed by atoms with E-state index in [0.29, 0.717) is 6.61 Å². The van der Waals surface area contributed by atoms with Crippen molar-refractivity contribution in [3.63, 3.8) is 0 Å². The van der Waals surface area contributed by atoms with E-state index in [4.69, 9.17) is 4.74 Å². The molecule has 0 aromatic heterocycles. The molecule has 0 unspecified atom stereocenters. The van der Waals surface area contributed by atoms with Crippen molar-refractivity contribution in [2.75, 3.05) is 0 Å². The first-order valence-corrected chi connectivity index (χ1v) is 6.52. The van der Waals surface area contributed by atoms with Gasteiger partial charge in [-0.3, -0.25) is 10.1 Å². The number of benzene rings is 2. The van der Waals surface area contributed by atoms with Crippen molar-refractivity contribution in [1.82, 2.24) is 0 Å². The zero-order chi connectivity index (χ0) is 15.6. The van der Waals surface area contributed by atoms with Gasteiger partial charge in [-0.25, -0.2) is 0 Å². The van der Waals surface area contributed by atoms with Gasteiger partial charge in [0.25, 0.3) is 0 Å². The molecule has 0 saturated heterocycles. The molecule has 21 heavy (non-hydrogen) atoms. The van der Waals surface area contributed by atoms with E-state index < -0.39 is 16.4 Å². The third-order valence-corrected chi connectivity index (χ3v) is 3.34. The summed E-state index contributed by atoms with van der Waals surface area (Å²) in [6, 6.07) is 7.67. The van der Waals surface area contributed by atoms with Crippen LogP contribution in [0.15, 0.2) is 30.3 Å².